The zero-order valence-electron chi connectivity index (χ0n) is 12.8. The van der Waals surface area contributed by atoms with E-state index in [1.54, 1.807) is 6.07 Å². The molecule has 1 rings (SSSR count). The number of rotatable bonds is 5. The van der Waals surface area contributed by atoms with Gasteiger partial charge in [0.2, 0.25) is 0 Å². The average molecular weight is 276 g/mol. The molecule has 0 spiro atoms. The van der Waals surface area contributed by atoms with Crippen LogP contribution in [0.25, 0.3) is 0 Å². The minimum Gasteiger partial charge on any atom is -0.465 e. The first-order chi connectivity index (χ1) is 9.56. The molecule has 0 aliphatic heterocycles. The summed E-state index contributed by atoms with van der Waals surface area (Å²) in [6.07, 6.45) is 1.78. The maximum atomic E-state index is 12.2. The normalized spacial score (nSPS) is 12.9. The summed E-state index contributed by atoms with van der Waals surface area (Å²) < 4.78 is 5.50. The Balaban J connectivity index is 2.78. The molecular formula is C16H24N2O2. The molecule has 1 aromatic carbocycles. The number of hydrogen-bond donors (Lipinski definition) is 1. The van der Waals surface area contributed by atoms with Crippen LogP contribution in [-0.4, -0.2) is 24.6 Å². The highest BCUT2D eigenvalue weighted by Crippen LogP contribution is 2.04. The summed E-state index contributed by atoms with van der Waals surface area (Å²) >= 11 is 0. The van der Waals surface area contributed by atoms with E-state index in [2.05, 4.69) is 10.3 Å². The van der Waals surface area contributed by atoms with Gasteiger partial charge in [-0.3, -0.25) is 10.1 Å². The molecule has 110 valence electrons. The number of aliphatic imine (C=N–C) groups is 1. The van der Waals surface area contributed by atoms with Gasteiger partial charge in [-0.15, -0.1) is 0 Å². The van der Waals surface area contributed by atoms with Gasteiger partial charge in [0.05, 0.1) is 12.6 Å². The molecule has 1 atom stereocenters. The van der Waals surface area contributed by atoms with Crippen molar-refractivity contribution >= 4 is 11.9 Å². The summed E-state index contributed by atoms with van der Waals surface area (Å²) in [4.78, 5) is 16.6. The molecule has 0 unspecified atom stereocenters. The molecule has 0 saturated carbocycles. The van der Waals surface area contributed by atoms with Gasteiger partial charge < -0.3 is 4.74 Å². The Morgan fingerprint density at radius 1 is 1.40 bits per heavy atom. The third-order valence-corrected chi connectivity index (χ3v) is 2.87. The van der Waals surface area contributed by atoms with Gasteiger partial charge >= 0.3 is 0 Å². The third kappa shape index (κ3) is 5.43. The highest BCUT2D eigenvalue weighted by atomic mass is 16.5. The van der Waals surface area contributed by atoms with Crippen molar-refractivity contribution in [3.05, 3.63) is 35.4 Å². The van der Waals surface area contributed by atoms with E-state index in [9.17, 15) is 4.79 Å². The zero-order valence-corrected chi connectivity index (χ0v) is 12.8. The number of carbonyl (C=O) groups is 1. The van der Waals surface area contributed by atoms with Crippen molar-refractivity contribution in [2.24, 2.45) is 4.99 Å². The summed E-state index contributed by atoms with van der Waals surface area (Å²) in [5.41, 5.74) is 1.66. The second-order valence-corrected chi connectivity index (χ2v) is 4.86. The first-order valence-corrected chi connectivity index (χ1v) is 7.15. The lowest BCUT2D eigenvalue weighted by Crippen LogP contribution is -2.33. The number of ether oxygens (including phenoxy) is 1. The number of aryl methyl sites for hydroxylation is 1. The summed E-state index contributed by atoms with van der Waals surface area (Å²) in [6, 6.07) is 7.88. The second kappa shape index (κ2) is 8.35. The van der Waals surface area contributed by atoms with Gasteiger partial charge in [-0.25, -0.2) is 4.99 Å². The molecule has 1 amide bonds. The van der Waals surface area contributed by atoms with Crippen LogP contribution in [0.1, 0.15) is 49.5 Å². The minimum absolute atomic E-state index is 0.125. The fourth-order valence-corrected chi connectivity index (χ4v) is 1.55. The lowest BCUT2D eigenvalue weighted by atomic mass is 10.1. The van der Waals surface area contributed by atoms with E-state index >= 15 is 0 Å². The number of amides is 1. The lowest BCUT2D eigenvalue weighted by Gasteiger charge is -2.12. The van der Waals surface area contributed by atoms with Crippen molar-refractivity contribution in [3.8, 4) is 0 Å². The van der Waals surface area contributed by atoms with Gasteiger partial charge in [0.25, 0.3) is 11.9 Å². The van der Waals surface area contributed by atoms with E-state index in [0.717, 1.165) is 18.4 Å². The standard InChI is InChI=1S/C16H24N2O2/c1-5-10-20-16(17-13(4)6-2)18-15(19)14-9-7-8-12(3)11-14/h7-9,11,13H,5-6,10H2,1-4H3,(H,17,18,19)/t13-/m1/s1. The summed E-state index contributed by atoms with van der Waals surface area (Å²) in [5, 5.41) is 2.75. The van der Waals surface area contributed by atoms with Crippen LogP contribution in [0.3, 0.4) is 0 Å². The Hall–Kier alpha value is -1.84. The van der Waals surface area contributed by atoms with Crippen molar-refractivity contribution in [1.82, 2.24) is 5.32 Å². The summed E-state index contributed by atoms with van der Waals surface area (Å²) in [5.74, 6) is -0.188. The third-order valence-electron chi connectivity index (χ3n) is 2.87. The summed E-state index contributed by atoms with van der Waals surface area (Å²) in [7, 11) is 0. The quantitative estimate of drug-likeness (QED) is 0.662. The highest BCUT2D eigenvalue weighted by molar-refractivity contribution is 6.04. The number of amidine groups is 1. The maximum Gasteiger partial charge on any atom is 0.291 e. The van der Waals surface area contributed by atoms with E-state index in [-0.39, 0.29) is 11.9 Å². The molecule has 4 nitrogen and oxygen atoms in total. The average Bonchev–Trinajstić information content (AvgIpc) is 2.44. The fraction of sp³-hybridized carbons (Fsp3) is 0.500. The maximum absolute atomic E-state index is 12.2. The Bertz CT molecular complexity index is 469. The van der Waals surface area contributed by atoms with Crippen molar-refractivity contribution in [2.75, 3.05) is 6.61 Å². The zero-order chi connectivity index (χ0) is 15.0. The van der Waals surface area contributed by atoms with Crippen LogP contribution >= 0.6 is 0 Å². The molecule has 0 bridgehead atoms. The van der Waals surface area contributed by atoms with Crippen LogP contribution in [0.5, 0.6) is 0 Å². The van der Waals surface area contributed by atoms with Gasteiger partial charge in [-0.1, -0.05) is 31.5 Å². The first kappa shape index (κ1) is 16.2. The van der Waals surface area contributed by atoms with Crippen molar-refractivity contribution in [3.63, 3.8) is 0 Å². The van der Waals surface area contributed by atoms with E-state index in [0.29, 0.717) is 18.2 Å². The molecule has 0 radical (unpaired) electrons. The Morgan fingerprint density at radius 2 is 2.15 bits per heavy atom. The predicted octanol–water partition coefficient (Wildman–Crippen LogP) is 3.31. The van der Waals surface area contributed by atoms with Crippen LogP contribution in [-0.2, 0) is 4.74 Å². The van der Waals surface area contributed by atoms with Crippen molar-refractivity contribution in [1.29, 1.82) is 0 Å². The molecule has 0 fully saturated rings. The monoisotopic (exact) mass is 276 g/mol. The van der Waals surface area contributed by atoms with E-state index in [1.807, 2.05) is 45.9 Å². The van der Waals surface area contributed by atoms with Gasteiger partial charge in [0.15, 0.2) is 0 Å². The number of carbonyl (C=O) groups excluding carboxylic acids is 1. The Labute approximate surface area is 121 Å². The Morgan fingerprint density at radius 3 is 2.75 bits per heavy atom. The first-order valence-electron chi connectivity index (χ1n) is 7.15. The van der Waals surface area contributed by atoms with E-state index in [1.165, 1.54) is 0 Å². The smallest absolute Gasteiger partial charge is 0.291 e. The van der Waals surface area contributed by atoms with E-state index in [4.69, 9.17) is 4.74 Å². The van der Waals surface area contributed by atoms with Gasteiger partial charge in [-0.05, 0) is 38.8 Å². The highest BCUT2D eigenvalue weighted by Gasteiger charge is 2.11. The molecule has 1 aromatic rings. The molecular weight excluding hydrogens is 252 g/mol. The molecule has 4 heteroatoms. The lowest BCUT2D eigenvalue weighted by molar-refractivity contribution is 0.0965. The largest absolute Gasteiger partial charge is 0.465 e. The van der Waals surface area contributed by atoms with Crippen molar-refractivity contribution < 1.29 is 9.53 Å². The predicted molar refractivity (Wildman–Crippen MR) is 82.1 cm³/mol. The molecule has 0 aliphatic carbocycles. The molecule has 20 heavy (non-hydrogen) atoms. The minimum atomic E-state index is -0.188. The SMILES string of the molecule is CCCOC(=N[C@H](C)CC)NC(=O)c1cccc(C)c1. The number of benzene rings is 1. The van der Waals surface area contributed by atoms with Gasteiger partial charge in [0, 0.05) is 5.56 Å². The Kier molecular flexibility index (Phi) is 6.77. The van der Waals surface area contributed by atoms with Crippen LogP contribution in [0.4, 0.5) is 0 Å². The van der Waals surface area contributed by atoms with Crippen LogP contribution < -0.4 is 5.32 Å². The topological polar surface area (TPSA) is 50.7 Å². The number of nitrogens with zero attached hydrogens (tertiary/aromatic N) is 1. The second-order valence-electron chi connectivity index (χ2n) is 4.86. The van der Waals surface area contributed by atoms with E-state index < -0.39 is 0 Å². The van der Waals surface area contributed by atoms with Crippen LogP contribution in [0.2, 0.25) is 0 Å². The summed E-state index contributed by atoms with van der Waals surface area (Å²) in [6.45, 7) is 8.56. The molecule has 1 N–H and O–H groups in total. The molecule has 0 aliphatic rings. The molecule has 0 aromatic heterocycles. The molecule has 0 saturated heterocycles. The molecule has 0 heterocycles. The van der Waals surface area contributed by atoms with Gasteiger partial charge in [0.1, 0.15) is 0 Å². The number of hydrogen-bond acceptors (Lipinski definition) is 3. The number of nitrogens with one attached hydrogen (secondary N) is 1. The fourth-order valence-electron chi connectivity index (χ4n) is 1.55. The van der Waals surface area contributed by atoms with Crippen LogP contribution in [0, 0.1) is 6.92 Å². The van der Waals surface area contributed by atoms with Gasteiger partial charge in [-0.2, -0.15) is 0 Å². The van der Waals surface area contributed by atoms with Crippen LogP contribution in [0.15, 0.2) is 29.3 Å². The van der Waals surface area contributed by atoms with Crippen molar-refractivity contribution in [2.45, 2.75) is 46.6 Å².